The van der Waals surface area contributed by atoms with Crippen LogP contribution in [0.4, 0.5) is 0 Å². The quantitative estimate of drug-likeness (QED) is 0.195. The lowest BCUT2D eigenvalue weighted by atomic mass is 9.98. The van der Waals surface area contributed by atoms with Gasteiger partial charge in [-0.2, -0.15) is 0 Å². The number of hydrogen-bond acceptors (Lipinski definition) is 4. The Morgan fingerprint density at radius 1 is 0.327 bits per heavy atom. The van der Waals surface area contributed by atoms with Crippen LogP contribution in [-0.2, 0) is 0 Å². The molecule has 0 amide bonds. The lowest BCUT2D eigenvalue weighted by molar-refractivity contribution is 0.669. The number of hydrogen-bond donors (Lipinski definition) is 0. The Morgan fingerprint density at radius 3 is 1.39 bits per heavy atom. The molecule has 0 radical (unpaired) electrons. The molecule has 0 N–H and O–H groups in total. The van der Waals surface area contributed by atoms with E-state index in [4.69, 9.17) is 19.4 Å². The summed E-state index contributed by atoms with van der Waals surface area (Å²) < 4.78 is 6.43. The molecule has 2 aromatic heterocycles. The van der Waals surface area contributed by atoms with Gasteiger partial charge in [0.1, 0.15) is 11.2 Å². The molecule has 0 saturated heterocycles. The van der Waals surface area contributed by atoms with Gasteiger partial charge in [-0.15, -0.1) is 0 Å². The maximum absolute atomic E-state index is 6.43. The molecule has 10 aromatic rings. The summed E-state index contributed by atoms with van der Waals surface area (Å²) in [6, 6.07) is 57.1. The highest BCUT2D eigenvalue weighted by atomic mass is 16.3. The number of aromatic nitrogens is 3. The van der Waals surface area contributed by atoms with Crippen molar-refractivity contribution in [2.24, 2.45) is 0 Å². The van der Waals surface area contributed by atoms with E-state index in [9.17, 15) is 0 Å². The van der Waals surface area contributed by atoms with Crippen molar-refractivity contribution in [1.29, 1.82) is 0 Å². The third-order valence-electron chi connectivity index (χ3n) is 9.47. The number of fused-ring (bicyclic) bond motifs is 6. The smallest absolute Gasteiger partial charge is 0.164 e. The summed E-state index contributed by atoms with van der Waals surface area (Å²) in [4.78, 5) is 15.4. The zero-order chi connectivity index (χ0) is 32.3. The molecule has 0 fully saturated rings. The van der Waals surface area contributed by atoms with E-state index in [-0.39, 0.29) is 0 Å². The molecule has 0 bridgehead atoms. The van der Waals surface area contributed by atoms with Gasteiger partial charge in [0.15, 0.2) is 17.5 Å². The zero-order valence-electron chi connectivity index (χ0n) is 26.3. The Labute approximate surface area is 282 Å². The van der Waals surface area contributed by atoms with Crippen LogP contribution >= 0.6 is 0 Å². The van der Waals surface area contributed by atoms with Gasteiger partial charge in [-0.05, 0) is 79.8 Å². The van der Waals surface area contributed by atoms with Crippen LogP contribution in [0.15, 0.2) is 168 Å². The Balaban J connectivity index is 1.19. The SMILES string of the molecule is c1ccc2cc(-c3ccc4oc5cccc(-c6nc(-c7ccc8ccccc8c7)nc(-c7ccc8ccccc8c7)n6)c5c4c3)ccc2c1. The van der Waals surface area contributed by atoms with E-state index in [2.05, 4.69) is 152 Å². The lowest BCUT2D eigenvalue weighted by Gasteiger charge is -2.10. The fraction of sp³-hybridized carbons (Fsp3) is 0. The van der Waals surface area contributed by atoms with Crippen LogP contribution < -0.4 is 0 Å². The summed E-state index contributed by atoms with van der Waals surface area (Å²) in [5.74, 6) is 1.85. The summed E-state index contributed by atoms with van der Waals surface area (Å²) in [6.07, 6.45) is 0. The van der Waals surface area contributed by atoms with Crippen LogP contribution in [-0.4, -0.2) is 15.0 Å². The van der Waals surface area contributed by atoms with Crippen molar-refractivity contribution in [3.63, 3.8) is 0 Å². The van der Waals surface area contributed by atoms with Crippen LogP contribution in [0.25, 0.3) is 99.5 Å². The van der Waals surface area contributed by atoms with E-state index >= 15 is 0 Å². The van der Waals surface area contributed by atoms with Crippen molar-refractivity contribution < 1.29 is 4.42 Å². The molecule has 2 heterocycles. The van der Waals surface area contributed by atoms with Gasteiger partial charge in [0, 0.05) is 27.5 Å². The number of rotatable bonds is 4. The first-order valence-electron chi connectivity index (χ1n) is 16.4. The highest BCUT2D eigenvalue weighted by Gasteiger charge is 2.19. The fourth-order valence-electron chi connectivity index (χ4n) is 6.97. The monoisotopic (exact) mass is 625 g/mol. The lowest BCUT2D eigenvalue weighted by Crippen LogP contribution is -2.00. The van der Waals surface area contributed by atoms with Gasteiger partial charge in [0.25, 0.3) is 0 Å². The van der Waals surface area contributed by atoms with Crippen molar-refractivity contribution in [2.75, 3.05) is 0 Å². The third-order valence-corrected chi connectivity index (χ3v) is 9.47. The number of nitrogens with zero attached hydrogens (tertiary/aromatic N) is 3. The molecule has 0 aliphatic rings. The molecule has 0 unspecified atom stereocenters. The minimum Gasteiger partial charge on any atom is -0.456 e. The van der Waals surface area contributed by atoms with Crippen LogP contribution in [0, 0.1) is 0 Å². The molecule has 0 aliphatic carbocycles. The topological polar surface area (TPSA) is 51.8 Å². The second-order valence-electron chi connectivity index (χ2n) is 12.5. The van der Waals surface area contributed by atoms with Gasteiger partial charge in [-0.25, -0.2) is 15.0 Å². The van der Waals surface area contributed by atoms with Gasteiger partial charge >= 0.3 is 0 Å². The molecular weight excluding hydrogens is 599 g/mol. The van der Waals surface area contributed by atoms with E-state index in [1.807, 2.05) is 12.1 Å². The highest BCUT2D eigenvalue weighted by molar-refractivity contribution is 6.13. The first kappa shape index (κ1) is 27.5. The minimum atomic E-state index is 0.603. The first-order chi connectivity index (χ1) is 24.2. The summed E-state index contributed by atoms with van der Waals surface area (Å²) in [5, 5.41) is 9.07. The Bertz CT molecular complexity index is 2810. The number of furan rings is 1. The second-order valence-corrected chi connectivity index (χ2v) is 12.5. The van der Waals surface area contributed by atoms with Gasteiger partial charge in [0.2, 0.25) is 0 Å². The summed E-state index contributed by atoms with van der Waals surface area (Å²) in [6.45, 7) is 0. The van der Waals surface area contributed by atoms with Crippen molar-refractivity contribution in [1.82, 2.24) is 15.0 Å². The molecule has 0 saturated carbocycles. The average Bonchev–Trinajstić information content (AvgIpc) is 3.55. The molecule has 0 spiro atoms. The molecule has 4 heteroatoms. The van der Waals surface area contributed by atoms with Crippen LogP contribution in [0.1, 0.15) is 0 Å². The molecule has 0 atom stereocenters. The largest absolute Gasteiger partial charge is 0.456 e. The predicted molar refractivity (Wildman–Crippen MR) is 201 cm³/mol. The maximum atomic E-state index is 6.43. The second kappa shape index (κ2) is 11.0. The van der Waals surface area contributed by atoms with E-state index in [0.717, 1.165) is 60.5 Å². The average molecular weight is 626 g/mol. The molecule has 49 heavy (non-hydrogen) atoms. The molecule has 10 rings (SSSR count). The molecule has 228 valence electrons. The van der Waals surface area contributed by atoms with Crippen LogP contribution in [0.3, 0.4) is 0 Å². The highest BCUT2D eigenvalue weighted by Crippen LogP contribution is 2.39. The van der Waals surface area contributed by atoms with Gasteiger partial charge in [-0.3, -0.25) is 0 Å². The van der Waals surface area contributed by atoms with Crippen LogP contribution in [0.2, 0.25) is 0 Å². The Kier molecular flexibility index (Phi) is 6.15. The van der Waals surface area contributed by atoms with Crippen molar-refractivity contribution in [2.45, 2.75) is 0 Å². The van der Waals surface area contributed by atoms with Gasteiger partial charge in [-0.1, -0.05) is 127 Å². The normalized spacial score (nSPS) is 11.7. The summed E-state index contributed by atoms with van der Waals surface area (Å²) in [7, 11) is 0. The molecular formula is C45H27N3O. The van der Waals surface area contributed by atoms with E-state index in [0.29, 0.717) is 17.5 Å². The zero-order valence-corrected chi connectivity index (χ0v) is 26.3. The van der Waals surface area contributed by atoms with Gasteiger partial charge < -0.3 is 4.42 Å². The Hall–Kier alpha value is -6.65. The van der Waals surface area contributed by atoms with E-state index in [1.165, 1.54) is 21.5 Å². The third kappa shape index (κ3) is 4.73. The van der Waals surface area contributed by atoms with Crippen LogP contribution in [0.5, 0.6) is 0 Å². The standard InChI is InChI=1S/C45H27N3O/c1-4-11-31-24-34(19-16-28(31)8-1)35-22-23-40-39(27-35)42-38(14-7-15-41(42)49-40)45-47-43(36-20-17-29-9-2-5-12-32(29)25-36)46-44(48-45)37-21-18-30-10-3-6-13-33(30)26-37/h1-27H. The van der Waals surface area contributed by atoms with E-state index < -0.39 is 0 Å². The van der Waals surface area contributed by atoms with Crippen molar-refractivity contribution in [3.8, 4) is 45.3 Å². The first-order valence-corrected chi connectivity index (χ1v) is 16.4. The maximum Gasteiger partial charge on any atom is 0.164 e. The van der Waals surface area contributed by atoms with Crippen molar-refractivity contribution in [3.05, 3.63) is 164 Å². The van der Waals surface area contributed by atoms with Gasteiger partial charge in [0.05, 0.1) is 0 Å². The molecule has 0 aliphatic heterocycles. The van der Waals surface area contributed by atoms with E-state index in [1.54, 1.807) is 0 Å². The van der Waals surface area contributed by atoms with Crippen molar-refractivity contribution >= 4 is 54.3 Å². The minimum absolute atomic E-state index is 0.603. The number of benzene rings is 8. The predicted octanol–water partition coefficient (Wildman–Crippen LogP) is 11.9. The Morgan fingerprint density at radius 2 is 0.796 bits per heavy atom. The molecule has 8 aromatic carbocycles. The summed E-state index contributed by atoms with van der Waals surface area (Å²) >= 11 is 0. The summed E-state index contributed by atoms with van der Waals surface area (Å²) in [5.41, 5.74) is 6.68. The fourth-order valence-corrected chi connectivity index (χ4v) is 6.97. The molecule has 4 nitrogen and oxygen atoms in total.